The molecule has 1 saturated carbocycles. The van der Waals surface area contributed by atoms with Crippen molar-refractivity contribution in [1.82, 2.24) is 20.3 Å². The Labute approximate surface area is 200 Å². The van der Waals surface area contributed by atoms with E-state index in [0.29, 0.717) is 5.92 Å². The third kappa shape index (κ3) is 9.43. The van der Waals surface area contributed by atoms with Gasteiger partial charge >= 0.3 is 18.1 Å². The fraction of sp³-hybridized carbons (Fsp3) is 0.545. The second kappa shape index (κ2) is 12.9. The summed E-state index contributed by atoms with van der Waals surface area (Å²) in [6.07, 6.45) is -0.395. The predicted octanol–water partition coefficient (Wildman–Crippen LogP) is 3.57. The molecular formula is C22H29F3N4O6. The predicted molar refractivity (Wildman–Crippen MR) is 118 cm³/mol. The highest BCUT2D eigenvalue weighted by atomic mass is 19.4. The minimum atomic E-state index is -5.08. The maximum absolute atomic E-state index is 11.1. The first-order valence-electron chi connectivity index (χ1n) is 11.0. The number of aromatic carboxylic acids is 1. The number of hydrogen-bond donors (Lipinski definition) is 3. The average Bonchev–Trinajstić information content (AvgIpc) is 3.26. The van der Waals surface area contributed by atoms with Crippen molar-refractivity contribution in [2.45, 2.75) is 50.3 Å². The zero-order valence-corrected chi connectivity index (χ0v) is 19.4. The largest absolute Gasteiger partial charge is 0.494 e. The van der Waals surface area contributed by atoms with Gasteiger partial charge < -0.3 is 24.6 Å². The molecule has 3 rings (SSSR count). The molecule has 0 spiro atoms. The third-order valence-corrected chi connectivity index (χ3v) is 5.30. The highest BCUT2D eigenvalue weighted by Crippen LogP contribution is 2.35. The normalized spacial score (nSPS) is 17.9. The van der Waals surface area contributed by atoms with Gasteiger partial charge in [-0.1, -0.05) is 22.4 Å². The zero-order valence-electron chi connectivity index (χ0n) is 19.4. The molecule has 35 heavy (non-hydrogen) atoms. The van der Waals surface area contributed by atoms with Gasteiger partial charge in [0, 0.05) is 6.54 Å². The number of halogens is 3. The number of benzene rings is 1. The molecule has 3 N–H and O–H groups in total. The van der Waals surface area contributed by atoms with Crippen LogP contribution in [-0.4, -0.2) is 82.0 Å². The maximum Gasteiger partial charge on any atom is 0.490 e. The number of carboxylic acids is 2. The second-order valence-corrected chi connectivity index (χ2v) is 8.27. The number of alkyl halides is 3. The lowest BCUT2D eigenvalue weighted by Crippen LogP contribution is -2.24. The Bertz CT molecular complexity index is 941. The van der Waals surface area contributed by atoms with Gasteiger partial charge in [0.2, 0.25) is 5.69 Å². The first-order valence-corrected chi connectivity index (χ1v) is 11.0. The number of ether oxygens (including phenoxy) is 2. The molecule has 13 heteroatoms. The van der Waals surface area contributed by atoms with Crippen LogP contribution in [0.1, 0.15) is 54.1 Å². The molecule has 0 saturated heterocycles. The first-order chi connectivity index (χ1) is 16.5. The molecule has 0 atom stereocenters. The van der Waals surface area contributed by atoms with Gasteiger partial charge in [-0.3, -0.25) is 0 Å². The van der Waals surface area contributed by atoms with Crippen molar-refractivity contribution in [3.63, 3.8) is 0 Å². The van der Waals surface area contributed by atoms with E-state index >= 15 is 0 Å². The van der Waals surface area contributed by atoms with Gasteiger partial charge in [0.25, 0.3) is 5.88 Å². The van der Waals surface area contributed by atoms with E-state index in [0.717, 1.165) is 51.0 Å². The highest BCUT2D eigenvalue weighted by Gasteiger charge is 2.38. The van der Waals surface area contributed by atoms with Gasteiger partial charge in [-0.25, -0.2) is 14.7 Å². The van der Waals surface area contributed by atoms with Gasteiger partial charge in [-0.2, -0.15) is 13.2 Å². The van der Waals surface area contributed by atoms with Crippen molar-refractivity contribution in [1.29, 1.82) is 0 Å². The molecule has 2 aromatic rings. The Kier molecular flexibility index (Phi) is 10.3. The lowest BCUT2D eigenvalue weighted by atomic mass is 9.83. The van der Waals surface area contributed by atoms with E-state index in [1.807, 2.05) is 12.1 Å². The summed E-state index contributed by atoms with van der Waals surface area (Å²) in [4.78, 5) is 22.1. The number of nitrogens with zero attached hydrogens (tertiary/aromatic N) is 3. The van der Waals surface area contributed by atoms with Crippen molar-refractivity contribution < 1.29 is 42.4 Å². The number of aliphatic carboxylic acids is 1. The van der Waals surface area contributed by atoms with E-state index in [4.69, 9.17) is 24.5 Å². The molecule has 0 radical (unpaired) electrons. The van der Waals surface area contributed by atoms with Gasteiger partial charge in [-0.15, -0.1) is 0 Å². The number of nitrogens with one attached hydrogen (secondary N) is 1. The fourth-order valence-electron chi connectivity index (χ4n) is 3.52. The minimum absolute atomic E-state index is 0.0289. The summed E-state index contributed by atoms with van der Waals surface area (Å²) >= 11 is 0. The number of aromatic amines is 1. The first kappa shape index (κ1) is 27.9. The molecule has 0 bridgehead atoms. The lowest BCUT2D eigenvalue weighted by molar-refractivity contribution is -0.192. The van der Waals surface area contributed by atoms with Gasteiger partial charge in [0.05, 0.1) is 6.61 Å². The molecule has 1 aromatic heterocycles. The SMILES string of the molecule is CN(C)CCCOc1ccc([C@H]2CC[C@H](Oc3nn[nH]c3C(=O)O)CC2)cc1.O=C(O)C(F)(F)F. The van der Waals surface area contributed by atoms with Crippen LogP contribution in [0, 0.1) is 0 Å². The van der Waals surface area contributed by atoms with Crippen LogP contribution in [0.5, 0.6) is 11.6 Å². The Balaban J connectivity index is 0.000000540. The summed E-state index contributed by atoms with van der Waals surface area (Å²) in [7, 11) is 4.12. The third-order valence-electron chi connectivity index (χ3n) is 5.30. The van der Waals surface area contributed by atoms with Crippen LogP contribution in [0.15, 0.2) is 24.3 Å². The Morgan fingerprint density at radius 1 is 1.11 bits per heavy atom. The van der Waals surface area contributed by atoms with E-state index < -0.39 is 18.1 Å². The number of aromatic nitrogens is 3. The van der Waals surface area contributed by atoms with E-state index in [2.05, 4.69) is 46.5 Å². The topological polar surface area (TPSA) is 138 Å². The van der Waals surface area contributed by atoms with Crippen LogP contribution in [0.2, 0.25) is 0 Å². The highest BCUT2D eigenvalue weighted by molar-refractivity contribution is 5.87. The molecule has 0 unspecified atom stereocenters. The summed E-state index contributed by atoms with van der Waals surface area (Å²) in [5, 5.41) is 25.8. The van der Waals surface area contributed by atoms with Crippen LogP contribution in [0.3, 0.4) is 0 Å². The van der Waals surface area contributed by atoms with Crippen molar-refractivity contribution in [3.05, 3.63) is 35.5 Å². The Morgan fingerprint density at radius 2 is 1.71 bits per heavy atom. The molecule has 1 aromatic carbocycles. The molecular weight excluding hydrogens is 473 g/mol. The standard InChI is InChI=1S/C20H28N4O4.C2HF3O2/c1-24(2)12-3-13-27-16-8-4-14(5-9-16)15-6-10-17(11-7-15)28-19-18(20(25)26)21-23-22-19;3-2(4,5)1(6)7/h4-5,8-9,15,17H,3,6-7,10-13H2,1-2H3,(H,25,26)(H,21,22,23);(H,6,7)/t15-,17-;. The lowest BCUT2D eigenvalue weighted by Gasteiger charge is -2.28. The van der Waals surface area contributed by atoms with Crippen molar-refractivity contribution >= 4 is 11.9 Å². The van der Waals surface area contributed by atoms with E-state index in [-0.39, 0.29) is 17.7 Å². The van der Waals surface area contributed by atoms with Gasteiger partial charge in [0.1, 0.15) is 11.9 Å². The van der Waals surface area contributed by atoms with Crippen LogP contribution < -0.4 is 9.47 Å². The number of carbonyl (C=O) groups is 2. The van der Waals surface area contributed by atoms with Crippen LogP contribution in [0.25, 0.3) is 0 Å². The van der Waals surface area contributed by atoms with Crippen molar-refractivity contribution in [2.75, 3.05) is 27.2 Å². The van der Waals surface area contributed by atoms with Crippen LogP contribution in [-0.2, 0) is 4.79 Å². The van der Waals surface area contributed by atoms with E-state index in [9.17, 15) is 18.0 Å². The number of hydrogen-bond acceptors (Lipinski definition) is 7. The summed E-state index contributed by atoms with van der Waals surface area (Å²) in [6.45, 7) is 1.74. The molecule has 0 amide bonds. The maximum atomic E-state index is 11.1. The van der Waals surface area contributed by atoms with Gasteiger partial charge in [0.15, 0.2) is 0 Å². The summed E-state index contributed by atoms with van der Waals surface area (Å²) in [5.41, 5.74) is 1.22. The van der Waals surface area contributed by atoms with Gasteiger partial charge in [-0.05, 0) is 69.8 Å². The zero-order chi connectivity index (χ0) is 26.0. The summed E-state index contributed by atoms with van der Waals surface area (Å²) in [5.74, 6) is -2.40. The molecule has 1 aliphatic carbocycles. The molecule has 10 nitrogen and oxygen atoms in total. The van der Waals surface area contributed by atoms with Crippen molar-refractivity contribution in [3.8, 4) is 11.6 Å². The number of rotatable bonds is 9. The summed E-state index contributed by atoms with van der Waals surface area (Å²) < 4.78 is 43.3. The van der Waals surface area contributed by atoms with Crippen molar-refractivity contribution in [2.24, 2.45) is 0 Å². The Hall–Kier alpha value is -3.35. The van der Waals surface area contributed by atoms with Crippen LogP contribution >= 0.6 is 0 Å². The number of carboxylic acid groups (broad SMARTS) is 2. The number of H-pyrrole nitrogens is 1. The minimum Gasteiger partial charge on any atom is -0.494 e. The Morgan fingerprint density at radius 3 is 2.23 bits per heavy atom. The van der Waals surface area contributed by atoms with E-state index in [1.165, 1.54) is 5.56 Å². The molecule has 194 valence electrons. The van der Waals surface area contributed by atoms with E-state index in [1.54, 1.807) is 0 Å². The molecule has 0 aliphatic heterocycles. The smallest absolute Gasteiger partial charge is 0.490 e. The second-order valence-electron chi connectivity index (χ2n) is 8.27. The monoisotopic (exact) mass is 502 g/mol. The average molecular weight is 502 g/mol. The van der Waals surface area contributed by atoms with Crippen LogP contribution in [0.4, 0.5) is 13.2 Å². The molecule has 1 fully saturated rings. The summed E-state index contributed by atoms with van der Waals surface area (Å²) in [6, 6.07) is 8.38. The quantitative estimate of drug-likeness (QED) is 0.439. The molecule has 1 aliphatic rings. The molecule has 1 heterocycles. The fourth-order valence-corrected chi connectivity index (χ4v) is 3.52.